The van der Waals surface area contributed by atoms with Crippen molar-refractivity contribution in [2.45, 2.75) is 45.4 Å². The van der Waals surface area contributed by atoms with E-state index in [2.05, 4.69) is 15.3 Å². The summed E-state index contributed by atoms with van der Waals surface area (Å²) in [4.78, 5) is 21.6. The SMILES string of the molecule is CC(C)(C(=O)Nc1ccc(C#N)nc1)C1C[C@H]2CC(c3ccnc4ccc(F)cc34)C[C@H]2C1. The van der Waals surface area contributed by atoms with Crippen molar-refractivity contribution in [3.8, 4) is 6.07 Å². The van der Waals surface area contributed by atoms with E-state index < -0.39 is 5.41 Å². The highest BCUT2D eigenvalue weighted by Crippen LogP contribution is 2.56. The van der Waals surface area contributed by atoms with Crippen molar-refractivity contribution in [2.75, 3.05) is 5.32 Å². The van der Waals surface area contributed by atoms with Crippen molar-refractivity contribution in [1.82, 2.24) is 9.97 Å². The number of rotatable bonds is 4. The Morgan fingerprint density at radius 1 is 1.09 bits per heavy atom. The van der Waals surface area contributed by atoms with Crippen molar-refractivity contribution < 1.29 is 9.18 Å². The number of carbonyl (C=O) groups excluding carboxylic acids is 1. The Morgan fingerprint density at radius 3 is 2.52 bits per heavy atom. The maximum absolute atomic E-state index is 13.9. The summed E-state index contributed by atoms with van der Waals surface area (Å²) in [6, 6.07) is 12.2. The quantitative estimate of drug-likeness (QED) is 0.552. The number of aromatic nitrogens is 2. The fourth-order valence-corrected chi connectivity index (χ4v) is 5.97. The molecular formula is C27H27FN4O. The largest absolute Gasteiger partial charge is 0.324 e. The molecule has 2 aliphatic rings. The summed E-state index contributed by atoms with van der Waals surface area (Å²) >= 11 is 0. The molecule has 2 aromatic heterocycles. The van der Waals surface area contributed by atoms with Crippen LogP contribution in [-0.2, 0) is 4.79 Å². The minimum atomic E-state index is -0.500. The summed E-state index contributed by atoms with van der Waals surface area (Å²) in [7, 11) is 0. The molecular weight excluding hydrogens is 415 g/mol. The predicted molar refractivity (Wildman–Crippen MR) is 125 cm³/mol. The van der Waals surface area contributed by atoms with Gasteiger partial charge < -0.3 is 5.32 Å². The number of nitrogens with zero attached hydrogens (tertiary/aromatic N) is 3. The zero-order chi connectivity index (χ0) is 23.2. The molecule has 0 aliphatic heterocycles. The number of amides is 1. The molecule has 6 heteroatoms. The molecule has 4 atom stereocenters. The van der Waals surface area contributed by atoms with Crippen LogP contribution in [0.4, 0.5) is 10.1 Å². The van der Waals surface area contributed by atoms with E-state index in [1.807, 2.05) is 32.2 Å². The van der Waals surface area contributed by atoms with E-state index in [-0.39, 0.29) is 11.7 Å². The van der Waals surface area contributed by atoms with Crippen molar-refractivity contribution >= 4 is 22.5 Å². The van der Waals surface area contributed by atoms with Crippen LogP contribution in [0.5, 0.6) is 0 Å². The van der Waals surface area contributed by atoms with Gasteiger partial charge in [-0.2, -0.15) is 5.26 Å². The van der Waals surface area contributed by atoms with Gasteiger partial charge in [-0.15, -0.1) is 0 Å². The Hall–Kier alpha value is -3.33. The molecule has 0 radical (unpaired) electrons. The van der Waals surface area contributed by atoms with Gasteiger partial charge >= 0.3 is 0 Å². The van der Waals surface area contributed by atoms with E-state index in [1.165, 1.54) is 17.8 Å². The smallest absolute Gasteiger partial charge is 0.230 e. The Bertz CT molecular complexity index is 1230. The third-order valence-corrected chi connectivity index (χ3v) is 7.93. The molecule has 33 heavy (non-hydrogen) atoms. The van der Waals surface area contributed by atoms with E-state index in [4.69, 9.17) is 5.26 Å². The van der Waals surface area contributed by atoms with Crippen molar-refractivity contribution in [1.29, 1.82) is 5.26 Å². The van der Waals surface area contributed by atoms with Crippen LogP contribution in [0.2, 0.25) is 0 Å². The van der Waals surface area contributed by atoms with Crippen molar-refractivity contribution in [2.24, 2.45) is 23.2 Å². The van der Waals surface area contributed by atoms with Gasteiger partial charge in [0.05, 0.1) is 17.4 Å². The number of hydrogen-bond acceptors (Lipinski definition) is 4. The standard InChI is InChI=1S/C27H27FN4O/c1-27(2,26(33)32-22-5-4-21(14-29)31-15-22)19-11-16-9-18(10-17(16)12-19)23-7-8-30-25-6-3-20(28)13-24(23)25/h3-8,13,15-19H,9-12H2,1-2H3,(H,32,33)/t16-,17+,18?,19?. The first-order valence-corrected chi connectivity index (χ1v) is 11.6. The number of benzene rings is 1. The van der Waals surface area contributed by atoms with Gasteiger partial charge in [0.1, 0.15) is 17.6 Å². The zero-order valence-corrected chi connectivity index (χ0v) is 18.9. The number of pyridine rings is 2. The second-order valence-electron chi connectivity index (χ2n) is 10.1. The van der Waals surface area contributed by atoms with Gasteiger partial charge in [0, 0.05) is 17.0 Å². The normalized spacial score (nSPS) is 24.4. The molecule has 5 rings (SSSR count). The van der Waals surface area contributed by atoms with Crippen molar-refractivity contribution in [3.05, 3.63) is 65.9 Å². The van der Waals surface area contributed by atoms with Crippen LogP contribution in [0.25, 0.3) is 10.9 Å². The maximum atomic E-state index is 13.9. The minimum Gasteiger partial charge on any atom is -0.324 e. The molecule has 0 saturated heterocycles. The molecule has 2 heterocycles. The van der Waals surface area contributed by atoms with Crippen LogP contribution in [-0.4, -0.2) is 15.9 Å². The van der Waals surface area contributed by atoms with Crippen LogP contribution in [0.1, 0.15) is 56.7 Å². The molecule has 1 N–H and O–H groups in total. The monoisotopic (exact) mass is 442 g/mol. The first-order valence-electron chi connectivity index (χ1n) is 11.6. The summed E-state index contributed by atoms with van der Waals surface area (Å²) in [5, 5.41) is 12.8. The summed E-state index contributed by atoms with van der Waals surface area (Å²) in [6.45, 7) is 4.06. The molecule has 2 unspecified atom stereocenters. The number of carbonyl (C=O) groups is 1. The molecule has 2 saturated carbocycles. The van der Waals surface area contributed by atoms with Crippen LogP contribution in [0, 0.1) is 40.3 Å². The molecule has 1 aromatic carbocycles. The summed E-state index contributed by atoms with van der Waals surface area (Å²) in [5.41, 5.74) is 2.49. The average Bonchev–Trinajstić information content (AvgIpc) is 3.39. The number of anilines is 1. The van der Waals surface area contributed by atoms with E-state index in [0.29, 0.717) is 35.1 Å². The van der Waals surface area contributed by atoms with Gasteiger partial charge in [0.2, 0.25) is 5.91 Å². The highest BCUT2D eigenvalue weighted by molar-refractivity contribution is 5.95. The maximum Gasteiger partial charge on any atom is 0.230 e. The Balaban J connectivity index is 1.27. The molecule has 2 fully saturated rings. The minimum absolute atomic E-state index is 0.00821. The van der Waals surface area contributed by atoms with Gasteiger partial charge in [-0.3, -0.25) is 9.78 Å². The molecule has 0 spiro atoms. The number of halogens is 1. The Kier molecular flexibility index (Phi) is 5.36. The number of fused-ring (bicyclic) bond motifs is 2. The lowest BCUT2D eigenvalue weighted by molar-refractivity contribution is -0.126. The number of nitrogens with one attached hydrogen (secondary N) is 1. The Morgan fingerprint density at radius 2 is 1.85 bits per heavy atom. The van der Waals surface area contributed by atoms with Gasteiger partial charge in [0.15, 0.2) is 0 Å². The lowest BCUT2D eigenvalue weighted by Gasteiger charge is -2.31. The highest BCUT2D eigenvalue weighted by Gasteiger charge is 2.48. The number of hydrogen-bond donors (Lipinski definition) is 1. The predicted octanol–water partition coefficient (Wildman–Crippen LogP) is 5.83. The van der Waals surface area contributed by atoms with Gasteiger partial charge in [-0.25, -0.2) is 9.37 Å². The van der Waals surface area contributed by atoms with Crippen LogP contribution in [0.15, 0.2) is 48.8 Å². The molecule has 3 aromatic rings. The second kappa shape index (κ2) is 8.22. The first kappa shape index (κ1) is 21.5. The van der Waals surface area contributed by atoms with Gasteiger partial charge in [0.25, 0.3) is 0 Å². The fraction of sp³-hybridized carbons (Fsp3) is 0.407. The molecule has 2 aliphatic carbocycles. The molecule has 1 amide bonds. The highest BCUT2D eigenvalue weighted by atomic mass is 19.1. The summed E-state index contributed by atoms with van der Waals surface area (Å²) in [5.74, 6) is 1.66. The number of nitriles is 1. The van der Waals surface area contributed by atoms with Crippen LogP contribution < -0.4 is 5.32 Å². The average molecular weight is 443 g/mol. The topological polar surface area (TPSA) is 78.7 Å². The summed E-state index contributed by atoms with van der Waals surface area (Å²) in [6.07, 6.45) is 7.58. The molecule has 168 valence electrons. The van der Waals surface area contributed by atoms with E-state index in [1.54, 1.807) is 24.3 Å². The van der Waals surface area contributed by atoms with E-state index in [9.17, 15) is 9.18 Å². The van der Waals surface area contributed by atoms with Crippen LogP contribution >= 0.6 is 0 Å². The summed E-state index contributed by atoms with van der Waals surface area (Å²) < 4.78 is 13.9. The van der Waals surface area contributed by atoms with Gasteiger partial charge in [-0.05, 0) is 91.3 Å². The molecule has 0 bridgehead atoms. The zero-order valence-electron chi connectivity index (χ0n) is 18.9. The first-order chi connectivity index (χ1) is 15.8. The second-order valence-corrected chi connectivity index (χ2v) is 10.1. The lowest BCUT2D eigenvalue weighted by Crippen LogP contribution is -2.37. The van der Waals surface area contributed by atoms with Gasteiger partial charge in [-0.1, -0.05) is 13.8 Å². The van der Waals surface area contributed by atoms with E-state index >= 15 is 0 Å². The Labute approximate surface area is 193 Å². The van der Waals surface area contributed by atoms with Crippen molar-refractivity contribution in [3.63, 3.8) is 0 Å². The lowest BCUT2D eigenvalue weighted by atomic mass is 9.75. The fourth-order valence-electron chi connectivity index (χ4n) is 5.97. The molecule has 5 nitrogen and oxygen atoms in total. The van der Waals surface area contributed by atoms with E-state index in [0.717, 1.165) is 36.6 Å². The third kappa shape index (κ3) is 3.97. The third-order valence-electron chi connectivity index (χ3n) is 7.93. The van der Waals surface area contributed by atoms with Crippen LogP contribution in [0.3, 0.4) is 0 Å².